The number of alkyl halides is 3. The van der Waals surface area contributed by atoms with Crippen molar-refractivity contribution in [1.82, 2.24) is 20.0 Å². The fourth-order valence-corrected chi connectivity index (χ4v) is 3.58. The Balaban J connectivity index is 1.30. The average Bonchev–Trinajstić information content (AvgIpc) is 3.42. The number of urea groups is 1. The topological polar surface area (TPSA) is 84.2 Å². The zero-order chi connectivity index (χ0) is 21.8. The maximum Gasteiger partial charge on any atom is 0.418 e. The van der Waals surface area contributed by atoms with Crippen molar-refractivity contribution in [3.8, 4) is 11.5 Å². The van der Waals surface area contributed by atoms with Crippen LogP contribution < -0.4 is 5.32 Å². The molecule has 0 aliphatic carbocycles. The molecule has 0 bridgehead atoms. The fraction of sp³-hybridized carbons (Fsp3) is 0.333. The molecule has 2 aromatic heterocycles. The number of aryl methyl sites for hydroxylation is 1. The van der Waals surface area contributed by atoms with Gasteiger partial charge in [-0.15, -0.1) is 0 Å². The van der Waals surface area contributed by atoms with Crippen molar-refractivity contribution >= 4 is 11.7 Å². The lowest BCUT2D eigenvalue weighted by atomic mass is 10.0. The molecule has 2 amide bonds. The number of pyridine rings is 1. The number of hydrogen-bond acceptors (Lipinski definition) is 5. The number of rotatable bonds is 5. The van der Waals surface area contributed by atoms with Crippen molar-refractivity contribution in [3.63, 3.8) is 0 Å². The summed E-state index contributed by atoms with van der Waals surface area (Å²) in [5.74, 6) is 1.18. The third kappa shape index (κ3) is 5.01. The number of para-hydroxylation sites is 1. The second-order valence-corrected chi connectivity index (χ2v) is 7.37. The number of carbonyl (C=O) groups excluding carboxylic acids is 1. The zero-order valence-electron chi connectivity index (χ0n) is 16.5. The molecular formula is C21H20F3N5O2. The minimum Gasteiger partial charge on any atom is -0.334 e. The molecular weight excluding hydrogens is 411 g/mol. The van der Waals surface area contributed by atoms with Crippen LogP contribution in [-0.4, -0.2) is 39.1 Å². The van der Waals surface area contributed by atoms with E-state index < -0.39 is 17.8 Å². The molecule has 31 heavy (non-hydrogen) atoms. The van der Waals surface area contributed by atoms with Gasteiger partial charge in [0.25, 0.3) is 5.89 Å². The van der Waals surface area contributed by atoms with E-state index in [2.05, 4.69) is 20.4 Å². The van der Waals surface area contributed by atoms with Crippen molar-refractivity contribution in [2.24, 2.45) is 5.92 Å². The number of aromatic nitrogens is 3. The predicted octanol–water partition coefficient (Wildman–Crippen LogP) is 4.64. The van der Waals surface area contributed by atoms with E-state index in [0.29, 0.717) is 31.2 Å². The maximum atomic E-state index is 13.1. The van der Waals surface area contributed by atoms with E-state index in [1.54, 1.807) is 18.5 Å². The third-order valence-corrected chi connectivity index (χ3v) is 5.20. The van der Waals surface area contributed by atoms with Gasteiger partial charge in [0.15, 0.2) is 5.82 Å². The molecule has 1 unspecified atom stereocenters. The number of halogens is 3. The van der Waals surface area contributed by atoms with Crippen LogP contribution in [0, 0.1) is 5.92 Å². The highest BCUT2D eigenvalue weighted by Crippen LogP contribution is 2.35. The number of carbonyl (C=O) groups is 1. The van der Waals surface area contributed by atoms with E-state index in [-0.39, 0.29) is 11.6 Å². The van der Waals surface area contributed by atoms with Crippen molar-refractivity contribution in [2.45, 2.75) is 25.4 Å². The normalized spacial score (nSPS) is 16.5. The van der Waals surface area contributed by atoms with Crippen molar-refractivity contribution in [3.05, 3.63) is 60.2 Å². The number of nitrogens with zero attached hydrogens (tertiary/aromatic N) is 4. The van der Waals surface area contributed by atoms with E-state index in [0.717, 1.165) is 24.5 Å². The van der Waals surface area contributed by atoms with Gasteiger partial charge in [-0.25, -0.2) is 4.79 Å². The van der Waals surface area contributed by atoms with Crippen LogP contribution in [0.15, 0.2) is 53.3 Å². The van der Waals surface area contributed by atoms with Crippen molar-refractivity contribution < 1.29 is 22.5 Å². The summed E-state index contributed by atoms with van der Waals surface area (Å²) in [6, 6.07) is 8.04. The molecule has 0 saturated carbocycles. The summed E-state index contributed by atoms with van der Waals surface area (Å²) in [5.41, 5.74) is -0.358. The first-order valence-electron chi connectivity index (χ1n) is 9.85. The Hall–Kier alpha value is -3.43. The van der Waals surface area contributed by atoms with Gasteiger partial charge in [-0.2, -0.15) is 18.2 Å². The maximum absolute atomic E-state index is 13.1. The first-order valence-corrected chi connectivity index (χ1v) is 9.85. The molecule has 1 atom stereocenters. The highest BCUT2D eigenvalue weighted by molar-refractivity contribution is 5.90. The summed E-state index contributed by atoms with van der Waals surface area (Å²) in [6.45, 7) is 0.950. The molecule has 1 aliphatic rings. The Kier molecular flexibility index (Phi) is 5.88. The molecule has 7 nitrogen and oxygen atoms in total. The minimum absolute atomic E-state index is 0.212. The molecule has 1 N–H and O–H groups in total. The largest absolute Gasteiger partial charge is 0.418 e. The Labute approximate surface area is 176 Å². The highest BCUT2D eigenvalue weighted by atomic mass is 19.4. The Morgan fingerprint density at radius 1 is 1.23 bits per heavy atom. The predicted molar refractivity (Wildman–Crippen MR) is 106 cm³/mol. The number of hydrogen-bond donors (Lipinski definition) is 1. The summed E-state index contributed by atoms with van der Waals surface area (Å²) in [5, 5.41) is 6.38. The first kappa shape index (κ1) is 20.8. The summed E-state index contributed by atoms with van der Waals surface area (Å²) >= 11 is 0. The quantitative estimate of drug-likeness (QED) is 0.636. The number of likely N-dealkylation sites (tertiary alicyclic amines) is 1. The zero-order valence-corrected chi connectivity index (χ0v) is 16.5. The third-order valence-electron chi connectivity index (χ3n) is 5.20. The van der Waals surface area contributed by atoms with E-state index in [1.807, 2.05) is 6.07 Å². The van der Waals surface area contributed by atoms with Gasteiger partial charge in [0.1, 0.15) is 0 Å². The molecule has 0 radical (unpaired) electrons. The lowest BCUT2D eigenvalue weighted by Gasteiger charge is -2.19. The Morgan fingerprint density at radius 2 is 2.06 bits per heavy atom. The van der Waals surface area contributed by atoms with Crippen LogP contribution in [0.5, 0.6) is 0 Å². The second kappa shape index (κ2) is 8.75. The molecule has 4 rings (SSSR count). The molecule has 1 aromatic carbocycles. The van der Waals surface area contributed by atoms with Gasteiger partial charge in [0, 0.05) is 31.9 Å². The summed E-state index contributed by atoms with van der Waals surface area (Å²) in [7, 11) is 0. The van der Waals surface area contributed by atoms with Gasteiger partial charge in [-0.1, -0.05) is 17.3 Å². The lowest BCUT2D eigenvalue weighted by molar-refractivity contribution is -0.136. The van der Waals surface area contributed by atoms with Crippen LogP contribution in [0.25, 0.3) is 11.5 Å². The van der Waals surface area contributed by atoms with Gasteiger partial charge in [0.2, 0.25) is 0 Å². The van der Waals surface area contributed by atoms with Crippen LogP contribution in [0.1, 0.15) is 24.2 Å². The van der Waals surface area contributed by atoms with Crippen LogP contribution >= 0.6 is 0 Å². The van der Waals surface area contributed by atoms with E-state index in [4.69, 9.17) is 4.52 Å². The summed E-state index contributed by atoms with van der Waals surface area (Å²) in [6.07, 6.45) is 0.861. The fourth-order valence-electron chi connectivity index (χ4n) is 3.58. The second-order valence-electron chi connectivity index (χ2n) is 7.37. The molecule has 3 aromatic rings. The number of amides is 2. The van der Waals surface area contributed by atoms with Gasteiger partial charge >= 0.3 is 12.2 Å². The molecule has 1 saturated heterocycles. The van der Waals surface area contributed by atoms with Gasteiger partial charge in [-0.3, -0.25) is 4.98 Å². The summed E-state index contributed by atoms with van der Waals surface area (Å²) < 4.78 is 44.6. The highest BCUT2D eigenvalue weighted by Gasteiger charge is 2.34. The molecule has 3 heterocycles. The van der Waals surface area contributed by atoms with Crippen LogP contribution in [-0.2, 0) is 12.6 Å². The number of anilines is 1. The van der Waals surface area contributed by atoms with E-state index in [1.165, 1.54) is 23.1 Å². The van der Waals surface area contributed by atoms with Gasteiger partial charge < -0.3 is 14.7 Å². The molecule has 10 heteroatoms. The molecule has 162 valence electrons. The smallest absolute Gasteiger partial charge is 0.334 e. The first-order chi connectivity index (χ1) is 14.9. The SMILES string of the molecule is O=C(Nc1ccccc1C(F)(F)F)N1CCC(CCc2noc(-c3cccnc3)n2)C1. The number of benzene rings is 1. The van der Waals surface area contributed by atoms with Crippen LogP contribution in [0.4, 0.5) is 23.7 Å². The monoisotopic (exact) mass is 431 g/mol. The van der Waals surface area contributed by atoms with Crippen molar-refractivity contribution in [1.29, 1.82) is 0 Å². The van der Waals surface area contributed by atoms with E-state index >= 15 is 0 Å². The van der Waals surface area contributed by atoms with Crippen molar-refractivity contribution in [2.75, 3.05) is 18.4 Å². The van der Waals surface area contributed by atoms with Crippen LogP contribution in [0.2, 0.25) is 0 Å². The van der Waals surface area contributed by atoms with Crippen LogP contribution in [0.3, 0.4) is 0 Å². The van der Waals surface area contributed by atoms with E-state index in [9.17, 15) is 18.0 Å². The standard InChI is InChI=1S/C21H20F3N5O2/c22-21(23,24)16-5-1-2-6-17(16)26-20(30)29-11-9-14(13-29)7-8-18-27-19(31-28-18)15-4-3-10-25-12-15/h1-6,10,12,14H,7-9,11,13H2,(H,26,30). The average molecular weight is 431 g/mol. The Morgan fingerprint density at radius 3 is 2.84 bits per heavy atom. The molecule has 0 spiro atoms. The van der Waals surface area contributed by atoms with Gasteiger partial charge in [0.05, 0.1) is 16.8 Å². The minimum atomic E-state index is -4.53. The lowest BCUT2D eigenvalue weighted by Crippen LogP contribution is -2.33. The molecule has 1 fully saturated rings. The Bertz CT molecular complexity index is 1040. The summed E-state index contributed by atoms with van der Waals surface area (Å²) in [4.78, 5) is 22.4. The number of nitrogens with one attached hydrogen (secondary N) is 1. The molecule has 1 aliphatic heterocycles. The van der Waals surface area contributed by atoms with Gasteiger partial charge in [-0.05, 0) is 43.0 Å².